The Balaban J connectivity index is 2.47. The maximum Gasteiger partial charge on any atom is 0.316 e. The fraction of sp³-hybridized carbons (Fsp3) is 0.688. The molecule has 0 amide bonds. The highest BCUT2D eigenvalue weighted by Gasteiger charge is 2.25. The fourth-order valence-electron chi connectivity index (χ4n) is 2.07. The van der Waals surface area contributed by atoms with Crippen LogP contribution < -0.4 is 0 Å². The summed E-state index contributed by atoms with van der Waals surface area (Å²) in [7, 11) is 0. The summed E-state index contributed by atoms with van der Waals surface area (Å²) in [6, 6.07) is 0. The molecule has 0 aromatic carbocycles. The number of hydrogen-bond acceptors (Lipinski definition) is 2. The van der Waals surface area contributed by atoms with Crippen LogP contribution >= 0.6 is 0 Å². The number of allylic oxidation sites excluding steroid dienone is 2. The maximum absolute atomic E-state index is 11.7. The lowest BCUT2D eigenvalue weighted by atomic mass is 9.96. The molecule has 0 aromatic heterocycles. The number of rotatable bonds is 4. The molecule has 1 unspecified atom stereocenters. The molecule has 18 heavy (non-hydrogen) atoms. The molecule has 0 saturated heterocycles. The second-order valence-electron chi connectivity index (χ2n) is 6.63. The molecule has 0 aromatic rings. The van der Waals surface area contributed by atoms with Crippen molar-refractivity contribution >= 4 is 5.97 Å². The molecule has 0 bridgehead atoms. The molecule has 2 nitrogen and oxygen atoms in total. The highest BCUT2D eigenvalue weighted by Crippen LogP contribution is 2.33. The average Bonchev–Trinajstić information content (AvgIpc) is 2.64. The van der Waals surface area contributed by atoms with Crippen molar-refractivity contribution in [2.75, 3.05) is 0 Å². The molecule has 1 atom stereocenters. The predicted octanol–water partition coefficient (Wildman–Crippen LogP) is 4.47. The average molecular weight is 250 g/mol. The lowest BCUT2D eigenvalue weighted by Gasteiger charge is -2.17. The summed E-state index contributed by atoms with van der Waals surface area (Å²) >= 11 is 0. The third-order valence-electron chi connectivity index (χ3n) is 3.38. The van der Waals surface area contributed by atoms with E-state index in [0.29, 0.717) is 24.0 Å². The molecule has 1 aliphatic carbocycles. The Bertz CT molecular complexity index is 356. The molecule has 1 aliphatic rings. The summed E-state index contributed by atoms with van der Waals surface area (Å²) < 4.78 is 5.30. The molecule has 102 valence electrons. The highest BCUT2D eigenvalue weighted by molar-refractivity contribution is 5.76. The molecule has 0 fully saturated rings. The van der Waals surface area contributed by atoms with E-state index in [1.165, 1.54) is 12.0 Å². The van der Waals surface area contributed by atoms with Crippen LogP contribution in [0.3, 0.4) is 0 Å². The fourth-order valence-corrected chi connectivity index (χ4v) is 2.07. The van der Waals surface area contributed by atoms with Crippen LogP contribution in [0.5, 0.6) is 0 Å². The molecule has 0 radical (unpaired) electrons. The number of ether oxygens (including phenoxy) is 1. The third-order valence-corrected chi connectivity index (χ3v) is 3.38. The van der Waals surface area contributed by atoms with Gasteiger partial charge in [-0.25, -0.2) is 0 Å². The Hall–Kier alpha value is -1.05. The first-order valence-corrected chi connectivity index (χ1v) is 6.79. The Morgan fingerprint density at radius 1 is 1.50 bits per heavy atom. The first-order chi connectivity index (χ1) is 8.20. The van der Waals surface area contributed by atoms with Gasteiger partial charge in [0.1, 0.15) is 5.76 Å². The van der Waals surface area contributed by atoms with Gasteiger partial charge in [0.15, 0.2) is 0 Å². The number of carbonyl (C=O) groups is 1. The van der Waals surface area contributed by atoms with E-state index >= 15 is 0 Å². The minimum atomic E-state index is -0.465. The molecular weight excluding hydrogens is 224 g/mol. The largest absolute Gasteiger partial charge is 0.431 e. The molecule has 1 rings (SSSR count). The SMILES string of the molecule is C=C(CC1=CC(C(C)C)CC1)OC(=O)C(C)(C)C. The number of hydrogen-bond donors (Lipinski definition) is 0. The van der Waals surface area contributed by atoms with Crippen LogP contribution in [0.15, 0.2) is 24.0 Å². The second kappa shape index (κ2) is 5.73. The van der Waals surface area contributed by atoms with E-state index in [9.17, 15) is 4.79 Å². The van der Waals surface area contributed by atoms with Crippen LogP contribution in [-0.4, -0.2) is 5.97 Å². The van der Waals surface area contributed by atoms with E-state index in [4.69, 9.17) is 4.74 Å². The van der Waals surface area contributed by atoms with Crippen molar-refractivity contribution in [3.63, 3.8) is 0 Å². The lowest BCUT2D eigenvalue weighted by Crippen LogP contribution is -2.22. The molecule has 0 heterocycles. The second-order valence-corrected chi connectivity index (χ2v) is 6.63. The first kappa shape index (κ1) is 15.0. The zero-order valence-corrected chi connectivity index (χ0v) is 12.4. The quantitative estimate of drug-likeness (QED) is 0.418. The zero-order valence-electron chi connectivity index (χ0n) is 12.4. The van der Waals surface area contributed by atoms with E-state index in [1.807, 2.05) is 20.8 Å². The van der Waals surface area contributed by atoms with Gasteiger partial charge in [-0.1, -0.05) is 32.1 Å². The molecule has 0 N–H and O–H groups in total. The van der Waals surface area contributed by atoms with Crippen LogP contribution in [0.2, 0.25) is 0 Å². The Labute approximate surface area is 111 Å². The molecule has 0 aliphatic heterocycles. The van der Waals surface area contributed by atoms with Gasteiger partial charge in [-0.2, -0.15) is 0 Å². The van der Waals surface area contributed by atoms with Crippen molar-refractivity contribution in [2.24, 2.45) is 17.3 Å². The van der Waals surface area contributed by atoms with Gasteiger partial charge < -0.3 is 4.74 Å². The van der Waals surface area contributed by atoms with E-state index in [2.05, 4.69) is 26.5 Å². The summed E-state index contributed by atoms with van der Waals surface area (Å²) in [5, 5.41) is 0. The van der Waals surface area contributed by atoms with Gasteiger partial charge >= 0.3 is 5.97 Å². The smallest absolute Gasteiger partial charge is 0.316 e. The topological polar surface area (TPSA) is 26.3 Å². The molecule has 0 spiro atoms. The van der Waals surface area contributed by atoms with Gasteiger partial charge in [0.25, 0.3) is 0 Å². The van der Waals surface area contributed by atoms with E-state index in [1.54, 1.807) is 0 Å². The van der Waals surface area contributed by atoms with Crippen LogP contribution in [0.25, 0.3) is 0 Å². The molecule has 0 saturated carbocycles. The van der Waals surface area contributed by atoms with Crippen LogP contribution in [0.4, 0.5) is 0 Å². The minimum Gasteiger partial charge on any atom is -0.431 e. The van der Waals surface area contributed by atoms with Gasteiger partial charge in [0.2, 0.25) is 0 Å². The van der Waals surface area contributed by atoms with Gasteiger partial charge in [0.05, 0.1) is 5.41 Å². The third kappa shape index (κ3) is 4.32. The van der Waals surface area contributed by atoms with Gasteiger partial charge in [0, 0.05) is 6.42 Å². The number of carbonyl (C=O) groups excluding carboxylic acids is 1. The van der Waals surface area contributed by atoms with E-state index in [0.717, 1.165) is 6.42 Å². The Kier molecular flexibility index (Phi) is 4.78. The normalized spacial score (nSPS) is 19.9. The van der Waals surface area contributed by atoms with Crippen molar-refractivity contribution < 1.29 is 9.53 Å². The summed E-state index contributed by atoms with van der Waals surface area (Å²) in [6.07, 6.45) is 5.36. The van der Waals surface area contributed by atoms with Crippen molar-refractivity contribution in [3.8, 4) is 0 Å². The lowest BCUT2D eigenvalue weighted by molar-refractivity contribution is -0.148. The molecule has 2 heteroatoms. The molecular formula is C16H26O2. The van der Waals surface area contributed by atoms with Crippen LogP contribution in [-0.2, 0) is 9.53 Å². The zero-order chi connectivity index (χ0) is 13.9. The summed E-state index contributed by atoms with van der Waals surface area (Å²) in [5.74, 6) is 1.73. The minimum absolute atomic E-state index is 0.202. The maximum atomic E-state index is 11.7. The van der Waals surface area contributed by atoms with Crippen molar-refractivity contribution in [3.05, 3.63) is 24.0 Å². The van der Waals surface area contributed by atoms with Crippen LogP contribution in [0, 0.1) is 17.3 Å². The van der Waals surface area contributed by atoms with Gasteiger partial charge in [-0.15, -0.1) is 0 Å². The van der Waals surface area contributed by atoms with Crippen molar-refractivity contribution in [1.82, 2.24) is 0 Å². The first-order valence-electron chi connectivity index (χ1n) is 6.79. The standard InChI is InChI=1S/C16H26O2/c1-11(2)14-8-7-13(10-14)9-12(3)18-15(17)16(4,5)6/h10-11,14H,3,7-9H2,1-2,4-6H3. The summed E-state index contributed by atoms with van der Waals surface area (Å²) in [4.78, 5) is 11.7. The monoisotopic (exact) mass is 250 g/mol. The van der Waals surface area contributed by atoms with Crippen LogP contribution in [0.1, 0.15) is 53.9 Å². The van der Waals surface area contributed by atoms with Crippen molar-refractivity contribution in [2.45, 2.75) is 53.9 Å². The Morgan fingerprint density at radius 3 is 2.56 bits per heavy atom. The van der Waals surface area contributed by atoms with Crippen molar-refractivity contribution in [1.29, 1.82) is 0 Å². The highest BCUT2D eigenvalue weighted by atomic mass is 16.5. The van der Waals surface area contributed by atoms with E-state index < -0.39 is 5.41 Å². The number of esters is 1. The van der Waals surface area contributed by atoms with E-state index in [-0.39, 0.29) is 5.97 Å². The van der Waals surface area contributed by atoms with Gasteiger partial charge in [-0.05, 0) is 45.4 Å². The van der Waals surface area contributed by atoms with Gasteiger partial charge in [-0.3, -0.25) is 4.79 Å². The summed E-state index contributed by atoms with van der Waals surface area (Å²) in [6.45, 7) is 13.9. The predicted molar refractivity (Wildman–Crippen MR) is 74.9 cm³/mol. The summed E-state index contributed by atoms with van der Waals surface area (Å²) in [5.41, 5.74) is 0.897. The Morgan fingerprint density at radius 2 is 2.11 bits per heavy atom.